The highest BCUT2D eigenvalue weighted by atomic mass is 79.9. The molecule has 1 N–H and O–H groups in total. The van der Waals surface area contributed by atoms with E-state index in [9.17, 15) is 0 Å². The minimum absolute atomic E-state index is 0.628. The van der Waals surface area contributed by atoms with Gasteiger partial charge in [0.15, 0.2) is 5.82 Å². The first-order valence-electron chi connectivity index (χ1n) is 5.17. The van der Waals surface area contributed by atoms with Gasteiger partial charge >= 0.3 is 0 Å². The molecule has 1 aromatic heterocycles. The Kier molecular flexibility index (Phi) is 2.65. The fraction of sp³-hybridized carbons (Fsp3) is 0.273. The molecular weight excluding hydrogens is 286 g/mol. The average molecular weight is 296 g/mol. The molecule has 2 aromatic rings. The van der Waals surface area contributed by atoms with Crippen molar-refractivity contribution < 1.29 is 0 Å². The lowest BCUT2D eigenvalue weighted by molar-refractivity contribution is 1.14. The van der Waals surface area contributed by atoms with E-state index in [1.165, 1.54) is 24.4 Å². The Morgan fingerprint density at radius 1 is 1.38 bits per heavy atom. The second kappa shape index (κ2) is 4.14. The lowest BCUT2D eigenvalue weighted by Gasteiger charge is -1.96. The summed E-state index contributed by atoms with van der Waals surface area (Å²) in [6.07, 6.45) is 2.51. The zero-order valence-corrected chi connectivity index (χ0v) is 10.9. The van der Waals surface area contributed by atoms with E-state index < -0.39 is 0 Å². The van der Waals surface area contributed by atoms with Crippen LogP contribution in [0.4, 0.5) is 5.13 Å². The molecule has 0 radical (unpaired) electrons. The highest BCUT2D eigenvalue weighted by Gasteiger charge is 2.22. The zero-order chi connectivity index (χ0) is 11.0. The standard InChI is InChI=1S/C11H10BrN3S/c12-8-3-1-2-7(6-8)10-14-11(16-15-10)13-9-4-5-9/h1-3,6,9H,4-5H2,(H,13,14,15). The maximum Gasteiger partial charge on any atom is 0.203 e. The van der Waals surface area contributed by atoms with Crippen LogP contribution in [0.1, 0.15) is 12.8 Å². The van der Waals surface area contributed by atoms with Crippen LogP contribution in [-0.4, -0.2) is 15.4 Å². The number of hydrogen-bond donors (Lipinski definition) is 1. The molecule has 3 rings (SSSR count). The van der Waals surface area contributed by atoms with Crippen LogP contribution in [0.15, 0.2) is 28.7 Å². The molecule has 0 bridgehead atoms. The van der Waals surface area contributed by atoms with Gasteiger partial charge in [0.1, 0.15) is 0 Å². The van der Waals surface area contributed by atoms with E-state index in [1.807, 2.05) is 24.3 Å². The molecule has 3 nitrogen and oxygen atoms in total. The van der Waals surface area contributed by atoms with Crippen molar-refractivity contribution in [1.82, 2.24) is 9.36 Å². The first kappa shape index (κ1) is 10.2. The highest BCUT2D eigenvalue weighted by molar-refractivity contribution is 9.10. The van der Waals surface area contributed by atoms with Gasteiger partial charge in [0, 0.05) is 27.6 Å². The lowest BCUT2D eigenvalue weighted by Crippen LogP contribution is -1.99. The molecule has 1 aliphatic rings. The summed E-state index contributed by atoms with van der Waals surface area (Å²) in [6.45, 7) is 0. The van der Waals surface area contributed by atoms with Gasteiger partial charge in [0.2, 0.25) is 5.13 Å². The third-order valence-corrected chi connectivity index (χ3v) is 3.55. The van der Waals surface area contributed by atoms with Gasteiger partial charge in [-0.3, -0.25) is 0 Å². The second-order valence-electron chi connectivity index (χ2n) is 3.85. The fourth-order valence-corrected chi connectivity index (χ4v) is 2.49. The molecule has 0 atom stereocenters. The van der Waals surface area contributed by atoms with Crippen molar-refractivity contribution in [3.63, 3.8) is 0 Å². The van der Waals surface area contributed by atoms with Crippen molar-refractivity contribution in [2.75, 3.05) is 5.32 Å². The first-order valence-corrected chi connectivity index (χ1v) is 6.74. The van der Waals surface area contributed by atoms with E-state index >= 15 is 0 Å². The molecule has 82 valence electrons. The van der Waals surface area contributed by atoms with E-state index in [0.29, 0.717) is 6.04 Å². The quantitative estimate of drug-likeness (QED) is 0.941. The van der Waals surface area contributed by atoms with Crippen molar-refractivity contribution in [2.45, 2.75) is 18.9 Å². The maximum atomic E-state index is 4.48. The Balaban J connectivity index is 1.85. The molecule has 1 aromatic carbocycles. The summed E-state index contributed by atoms with van der Waals surface area (Å²) in [7, 11) is 0. The van der Waals surface area contributed by atoms with Gasteiger partial charge in [-0.05, 0) is 25.0 Å². The number of anilines is 1. The summed E-state index contributed by atoms with van der Waals surface area (Å²) in [5.41, 5.74) is 1.05. The largest absolute Gasteiger partial charge is 0.358 e. The minimum Gasteiger partial charge on any atom is -0.358 e. The summed E-state index contributed by atoms with van der Waals surface area (Å²) in [6, 6.07) is 8.67. The first-order chi connectivity index (χ1) is 7.81. The molecule has 16 heavy (non-hydrogen) atoms. The van der Waals surface area contributed by atoms with Gasteiger partial charge in [0.05, 0.1) is 0 Å². The summed E-state index contributed by atoms with van der Waals surface area (Å²) in [5, 5.41) is 4.28. The van der Waals surface area contributed by atoms with Crippen LogP contribution < -0.4 is 5.32 Å². The number of aromatic nitrogens is 2. The zero-order valence-electron chi connectivity index (χ0n) is 8.48. The van der Waals surface area contributed by atoms with Crippen LogP contribution in [0, 0.1) is 0 Å². The van der Waals surface area contributed by atoms with E-state index in [0.717, 1.165) is 21.0 Å². The van der Waals surface area contributed by atoms with Gasteiger partial charge < -0.3 is 5.32 Å². The highest BCUT2D eigenvalue weighted by Crippen LogP contribution is 2.28. The Morgan fingerprint density at radius 2 is 2.25 bits per heavy atom. The third kappa shape index (κ3) is 2.25. The molecule has 1 heterocycles. The molecule has 0 aliphatic heterocycles. The molecule has 1 saturated carbocycles. The second-order valence-corrected chi connectivity index (χ2v) is 5.52. The molecule has 5 heteroatoms. The minimum atomic E-state index is 0.628. The number of benzene rings is 1. The summed E-state index contributed by atoms with van der Waals surface area (Å²) >= 11 is 4.88. The van der Waals surface area contributed by atoms with Crippen LogP contribution in [0.5, 0.6) is 0 Å². The predicted molar refractivity (Wildman–Crippen MR) is 69.7 cm³/mol. The monoisotopic (exact) mass is 295 g/mol. The van der Waals surface area contributed by atoms with Crippen LogP contribution in [0.3, 0.4) is 0 Å². The molecule has 0 amide bonds. The van der Waals surface area contributed by atoms with Crippen LogP contribution >= 0.6 is 27.5 Å². The van der Waals surface area contributed by atoms with E-state index in [2.05, 4.69) is 30.6 Å². The Morgan fingerprint density at radius 3 is 3.00 bits per heavy atom. The molecule has 0 unspecified atom stereocenters. The normalized spacial score (nSPS) is 15.1. The smallest absolute Gasteiger partial charge is 0.203 e. The van der Waals surface area contributed by atoms with Gasteiger partial charge in [-0.2, -0.15) is 9.36 Å². The van der Waals surface area contributed by atoms with Crippen molar-refractivity contribution in [1.29, 1.82) is 0 Å². The van der Waals surface area contributed by atoms with Crippen molar-refractivity contribution in [2.24, 2.45) is 0 Å². The van der Waals surface area contributed by atoms with Gasteiger partial charge in [-0.1, -0.05) is 28.1 Å². The lowest BCUT2D eigenvalue weighted by atomic mass is 10.2. The number of halogens is 1. The number of hydrogen-bond acceptors (Lipinski definition) is 4. The fourth-order valence-electron chi connectivity index (χ4n) is 1.43. The molecule has 1 fully saturated rings. The maximum absolute atomic E-state index is 4.48. The van der Waals surface area contributed by atoms with E-state index in [4.69, 9.17) is 0 Å². The predicted octanol–water partition coefficient (Wildman–Crippen LogP) is 3.54. The topological polar surface area (TPSA) is 37.8 Å². The van der Waals surface area contributed by atoms with Crippen molar-refractivity contribution >= 4 is 32.6 Å². The molecular formula is C11H10BrN3S. The Bertz CT molecular complexity index is 507. The van der Waals surface area contributed by atoms with Gasteiger partial charge in [0.25, 0.3) is 0 Å². The van der Waals surface area contributed by atoms with Gasteiger partial charge in [-0.15, -0.1) is 0 Å². The summed E-state index contributed by atoms with van der Waals surface area (Å²) in [5.74, 6) is 0.800. The summed E-state index contributed by atoms with van der Waals surface area (Å²) < 4.78 is 5.41. The Hall–Kier alpha value is -0.940. The van der Waals surface area contributed by atoms with Gasteiger partial charge in [-0.25, -0.2) is 0 Å². The van der Waals surface area contributed by atoms with E-state index in [-0.39, 0.29) is 0 Å². The average Bonchev–Trinajstić information content (AvgIpc) is 2.94. The van der Waals surface area contributed by atoms with Crippen molar-refractivity contribution in [3.8, 4) is 11.4 Å². The Labute approximate surface area is 106 Å². The van der Waals surface area contributed by atoms with Crippen LogP contribution in [0.2, 0.25) is 0 Å². The third-order valence-electron chi connectivity index (χ3n) is 2.41. The SMILES string of the molecule is Brc1cccc(-c2nsc(NC3CC3)n2)c1. The molecule has 0 saturated heterocycles. The summed E-state index contributed by atoms with van der Waals surface area (Å²) in [4.78, 5) is 4.48. The molecule has 1 aliphatic carbocycles. The number of nitrogens with one attached hydrogen (secondary N) is 1. The van der Waals surface area contributed by atoms with Crippen molar-refractivity contribution in [3.05, 3.63) is 28.7 Å². The molecule has 0 spiro atoms. The number of nitrogens with zero attached hydrogens (tertiary/aromatic N) is 2. The van der Waals surface area contributed by atoms with E-state index in [1.54, 1.807) is 0 Å². The van der Waals surface area contributed by atoms with Crippen LogP contribution in [-0.2, 0) is 0 Å². The number of rotatable bonds is 3. The van der Waals surface area contributed by atoms with Crippen LogP contribution in [0.25, 0.3) is 11.4 Å².